The van der Waals surface area contributed by atoms with Crippen molar-refractivity contribution in [3.8, 4) is 17.4 Å². The number of hydrogen-bond acceptors (Lipinski definition) is 5. The lowest BCUT2D eigenvalue weighted by molar-refractivity contribution is 0.174. The summed E-state index contributed by atoms with van der Waals surface area (Å²) in [5, 5.41) is 3.28. The smallest absolute Gasteiger partial charge is 0.231 e. The predicted molar refractivity (Wildman–Crippen MR) is 78.5 cm³/mol. The van der Waals surface area contributed by atoms with Crippen LogP contribution >= 0.6 is 0 Å². The Morgan fingerprint density at radius 2 is 2.05 bits per heavy atom. The van der Waals surface area contributed by atoms with Crippen LogP contribution in [-0.4, -0.2) is 18.3 Å². The third kappa shape index (κ3) is 3.44. The third-order valence-electron chi connectivity index (χ3n) is 3.20. The molecule has 110 valence electrons. The molecule has 0 radical (unpaired) electrons. The van der Waals surface area contributed by atoms with E-state index in [1.165, 1.54) is 0 Å². The second kappa shape index (κ2) is 6.45. The second-order valence-electron chi connectivity index (χ2n) is 4.76. The lowest BCUT2D eigenvalue weighted by Gasteiger charge is -2.08. The topological polar surface area (TPSA) is 52.6 Å². The number of hydrogen-bond donors (Lipinski definition) is 1. The first kappa shape index (κ1) is 13.7. The molecule has 1 aliphatic rings. The highest BCUT2D eigenvalue weighted by atomic mass is 16.7. The molecular weight excluding hydrogens is 268 g/mol. The molecule has 0 atom stereocenters. The molecule has 0 saturated heterocycles. The van der Waals surface area contributed by atoms with Gasteiger partial charge in [0.15, 0.2) is 11.5 Å². The van der Waals surface area contributed by atoms with E-state index in [-0.39, 0.29) is 6.79 Å². The van der Waals surface area contributed by atoms with Gasteiger partial charge in [0, 0.05) is 18.8 Å². The Morgan fingerprint density at radius 3 is 2.95 bits per heavy atom. The Labute approximate surface area is 123 Å². The number of nitrogens with one attached hydrogen (secondary N) is 1. The number of pyridine rings is 1. The largest absolute Gasteiger partial charge is 0.473 e. The number of aromatic nitrogens is 1. The van der Waals surface area contributed by atoms with Crippen molar-refractivity contribution in [1.29, 1.82) is 0 Å². The van der Waals surface area contributed by atoms with Crippen molar-refractivity contribution in [2.24, 2.45) is 0 Å². The molecule has 0 unspecified atom stereocenters. The van der Waals surface area contributed by atoms with Crippen LogP contribution in [-0.2, 0) is 13.2 Å². The molecule has 0 saturated carbocycles. The van der Waals surface area contributed by atoms with E-state index >= 15 is 0 Å². The summed E-state index contributed by atoms with van der Waals surface area (Å²) in [4.78, 5) is 4.23. The number of rotatable bonds is 6. The zero-order valence-electron chi connectivity index (χ0n) is 12.0. The maximum absolute atomic E-state index is 5.74. The summed E-state index contributed by atoms with van der Waals surface area (Å²) in [5.41, 5.74) is 2.19. The Morgan fingerprint density at radius 1 is 1.14 bits per heavy atom. The third-order valence-corrected chi connectivity index (χ3v) is 3.20. The number of fused-ring (bicyclic) bond motifs is 1. The van der Waals surface area contributed by atoms with Crippen LogP contribution in [0, 0.1) is 0 Å². The lowest BCUT2D eigenvalue weighted by Crippen LogP contribution is -2.11. The van der Waals surface area contributed by atoms with E-state index in [4.69, 9.17) is 14.2 Å². The minimum absolute atomic E-state index is 0.285. The molecule has 5 nitrogen and oxygen atoms in total. The monoisotopic (exact) mass is 286 g/mol. The van der Waals surface area contributed by atoms with Crippen LogP contribution in [0.4, 0.5) is 0 Å². The van der Waals surface area contributed by atoms with Crippen molar-refractivity contribution < 1.29 is 14.2 Å². The van der Waals surface area contributed by atoms with Gasteiger partial charge in [-0.05, 0) is 35.9 Å². The van der Waals surface area contributed by atoms with Gasteiger partial charge in [-0.15, -0.1) is 0 Å². The molecule has 0 bridgehead atoms. The first-order valence-corrected chi connectivity index (χ1v) is 7.02. The lowest BCUT2D eigenvalue weighted by atomic mass is 10.2. The van der Waals surface area contributed by atoms with Crippen LogP contribution < -0.4 is 19.5 Å². The quantitative estimate of drug-likeness (QED) is 0.884. The minimum Gasteiger partial charge on any atom is -0.473 e. The summed E-state index contributed by atoms with van der Waals surface area (Å²) in [6.45, 7) is 4.58. The highest BCUT2D eigenvalue weighted by molar-refractivity contribution is 5.44. The predicted octanol–water partition coefficient (Wildman–Crippen LogP) is 2.50. The molecular formula is C16H18N2O3. The highest BCUT2D eigenvalue weighted by Crippen LogP contribution is 2.32. The standard InChI is InChI=1S/C16H18N2O3/c1-2-17-9-12-5-6-18-16(8-12)19-10-13-3-4-14-15(7-13)21-11-20-14/h3-8,17H,2,9-11H2,1H3. The SMILES string of the molecule is CCNCc1ccnc(OCc2ccc3c(c2)OCO3)c1. The fraction of sp³-hybridized carbons (Fsp3) is 0.312. The number of benzene rings is 1. The summed E-state index contributed by atoms with van der Waals surface area (Å²) >= 11 is 0. The van der Waals surface area contributed by atoms with Crippen LogP contribution in [0.25, 0.3) is 0 Å². The Balaban J connectivity index is 1.62. The number of ether oxygens (including phenoxy) is 3. The molecule has 1 aromatic heterocycles. The van der Waals surface area contributed by atoms with Gasteiger partial charge in [0.1, 0.15) is 6.61 Å². The van der Waals surface area contributed by atoms with Crippen LogP contribution in [0.2, 0.25) is 0 Å². The van der Waals surface area contributed by atoms with Crippen LogP contribution in [0.5, 0.6) is 17.4 Å². The van der Waals surface area contributed by atoms with Crippen LogP contribution in [0.15, 0.2) is 36.5 Å². The van der Waals surface area contributed by atoms with Crippen molar-refractivity contribution in [3.05, 3.63) is 47.7 Å². The van der Waals surface area contributed by atoms with Crippen molar-refractivity contribution in [1.82, 2.24) is 10.3 Å². The molecule has 0 spiro atoms. The minimum atomic E-state index is 0.285. The first-order valence-electron chi connectivity index (χ1n) is 7.02. The van der Waals surface area contributed by atoms with E-state index in [1.54, 1.807) is 6.20 Å². The molecule has 3 rings (SSSR count). The maximum atomic E-state index is 5.74. The summed E-state index contributed by atoms with van der Waals surface area (Å²) in [5.74, 6) is 2.18. The van der Waals surface area contributed by atoms with E-state index in [2.05, 4.69) is 17.2 Å². The van der Waals surface area contributed by atoms with Gasteiger partial charge in [-0.1, -0.05) is 13.0 Å². The van der Waals surface area contributed by atoms with Gasteiger partial charge in [0.2, 0.25) is 12.7 Å². The zero-order valence-corrected chi connectivity index (χ0v) is 12.0. The van der Waals surface area contributed by atoms with Gasteiger partial charge < -0.3 is 19.5 Å². The van der Waals surface area contributed by atoms with E-state index < -0.39 is 0 Å². The molecule has 5 heteroatoms. The first-order chi connectivity index (χ1) is 10.3. The Bertz CT molecular complexity index is 616. The summed E-state index contributed by atoms with van der Waals surface area (Å²) in [6.07, 6.45) is 1.77. The Kier molecular flexibility index (Phi) is 4.21. The van der Waals surface area contributed by atoms with Crippen molar-refractivity contribution in [2.45, 2.75) is 20.1 Å². The molecule has 2 aromatic rings. The maximum Gasteiger partial charge on any atom is 0.231 e. The normalized spacial score (nSPS) is 12.4. The van der Waals surface area contributed by atoms with E-state index in [1.807, 2.05) is 30.3 Å². The van der Waals surface area contributed by atoms with Gasteiger partial charge in [-0.3, -0.25) is 0 Å². The van der Waals surface area contributed by atoms with Crippen molar-refractivity contribution in [2.75, 3.05) is 13.3 Å². The average molecular weight is 286 g/mol. The number of nitrogens with zero attached hydrogens (tertiary/aromatic N) is 1. The fourth-order valence-corrected chi connectivity index (χ4v) is 2.10. The molecule has 1 N–H and O–H groups in total. The van der Waals surface area contributed by atoms with Gasteiger partial charge in [0.25, 0.3) is 0 Å². The van der Waals surface area contributed by atoms with Crippen molar-refractivity contribution in [3.63, 3.8) is 0 Å². The van der Waals surface area contributed by atoms with Crippen LogP contribution in [0.3, 0.4) is 0 Å². The van der Waals surface area contributed by atoms with Crippen LogP contribution in [0.1, 0.15) is 18.1 Å². The van der Waals surface area contributed by atoms with Gasteiger partial charge in [0.05, 0.1) is 0 Å². The van der Waals surface area contributed by atoms with E-state index in [0.29, 0.717) is 12.5 Å². The van der Waals surface area contributed by atoms with Gasteiger partial charge in [-0.25, -0.2) is 4.98 Å². The average Bonchev–Trinajstić information content (AvgIpc) is 2.99. The van der Waals surface area contributed by atoms with E-state index in [9.17, 15) is 0 Å². The van der Waals surface area contributed by atoms with E-state index in [0.717, 1.165) is 35.7 Å². The molecule has 1 aromatic carbocycles. The van der Waals surface area contributed by atoms with Crippen molar-refractivity contribution >= 4 is 0 Å². The highest BCUT2D eigenvalue weighted by Gasteiger charge is 2.13. The molecule has 21 heavy (non-hydrogen) atoms. The molecule has 0 aliphatic carbocycles. The van der Waals surface area contributed by atoms with Gasteiger partial charge >= 0.3 is 0 Å². The molecule has 0 amide bonds. The molecule has 2 heterocycles. The van der Waals surface area contributed by atoms with Gasteiger partial charge in [-0.2, -0.15) is 0 Å². The summed E-state index contributed by atoms with van der Waals surface area (Å²) in [7, 11) is 0. The molecule has 0 fully saturated rings. The second-order valence-corrected chi connectivity index (χ2v) is 4.76. The summed E-state index contributed by atoms with van der Waals surface area (Å²) in [6, 6.07) is 9.74. The summed E-state index contributed by atoms with van der Waals surface area (Å²) < 4.78 is 16.4. The molecule has 1 aliphatic heterocycles. The Hall–Kier alpha value is -2.27. The fourth-order valence-electron chi connectivity index (χ4n) is 2.10. The zero-order chi connectivity index (χ0) is 14.5.